The molecule has 4 nitrogen and oxygen atoms in total. The molecule has 0 bridgehead atoms. The number of ketones is 2. The molecule has 0 fully saturated rings. The van der Waals surface area contributed by atoms with Gasteiger partial charge in [0.05, 0.1) is 6.42 Å². The zero-order valence-corrected chi connectivity index (χ0v) is 12.4. The van der Waals surface area contributed by atoms with E-state index in [0.717, 1.165) is 25.7 Å². The molecule has 20 heavy (non-hydrogen) atoms. The summed E-state index contributed by atoms with van der Waals surface area (Å²) in [4.78, 5) is 34.5. The van der Waals surface area contributed by atoms with Crippen LogP contribution in [0.3, 0.4) is 0 Å². The maximum atomic E-state index is 11.7. The van der Waals surface area contributed by atoms with Crippen molar-refractivity contribution in [3.8, 4) is 0 Å². The summed E-state index contributed by atoms with van der Waals surface area (Å²) in [6.45, 7) is 2.15. The van der Waals surface area contributed by atoms with Crippen LogP contribution in [-0.4, -0.2) is 17.5 Å². The Morgan fingerprint density at radius 1 is 1.15 bits per heavy atom. The van der Waals surface area contributed by atoms with Gasteiger partial charge in [-0.25, -0.2) is 0 Å². The predicted molar refractivity (Wildman–Crippen MR) is 78.1 cm³/mol. The van der Waals surface area contributed by atoms with Crippen LogP contribution in [-0.2, 0) is 14.4 Å². The largest absolute Gasteiger partial charge is 0.329 e. The Morgan fingerprint density at radius 2 is 1.90 bits per heavy atom. The lowest BCUT2D eigenvalue weighted by Crippen LogP contribution is -2.27. The van der Waals surface area contributed by atoms with Gasteiger partial charge in [-0.15, -0.1) is 0 Å². The molecule has 0 unspecified atom stereocenters. The quantitative estimate of drug-likeness (QED) is 0.521. The van der Waals surface area contributed by atoms with Crippen molar-refractivity contribution in [3.05, 3.63) is 11.8 Å². The number of carbonyl (C=O) groups is 3. The van der Waals surface area contributed by atoms with E-state index in [1.165, 1.54) is 18.9 Å². The van der Waals surface area contributed by atoms with Gasteiger partial charge in [-0.2, -0.15) is 0 Å². The van der Waals surface area contributed by atoms with E-state index < -0.39 is 0 Å². The number of unbranched alkanes of at least 4 members (excludes halogenated alkanes) is 4. The number of rotatable bonds is 9. The molecule has 1 aliphatic carbocycles. The Bertz CT molecular complexity index is 385. The minimum absolute atomic E-state index is 0.0123. The molecule has 0 atom stereocenters. The van der Waals surface area contributed by atoms with Crippen molar-refractivity contribution >= 4 is 17.5 Å². The van der Waals surface area contributed by atoms with Gasteiger partial charge in [-0.1, -0.05) is 32.6 Å². The van der Waals surface area contributed by atoms with Crippen molar-refractivity contribution in [2.75, 3.05) is 0 Å². The van der Waals surface area contributed by atoms with E-state index in [9.17, 15) is 14.4 Å². The normalized spacial score (nSPS) is 14.8. The fourth-order valence-electron chi connectivity index (χ4n) is 2.31. The summed E-state index contributed by atoms with van der Waals surface area (Å²) in [6.07, 6.45) is 9.40. The summed E-state index contributed by atoms with van der Waals surface area (Å²) < 4.78 is 0. The van der Waals surface area contributed by atoms with Crippen molar-refractivity contribution in [1.82, 2.24) is 5.32 Å². The standard InChI is InChI=1S/C16H25NO3/c1-2-3-4-5-6-9-15(19)12-16(20)17-13-8-7-10-14(18)11-13/h11H,2-10,12H2,1H3,(H,17,20). The Kier molecular flexibility index (Phi) is 7.85. The van der Waals surface area contributed by atoms with E-state index in [1.54, 1.807) is 0 Å². The Balaban J connectivity index is 2.18. The van der Waals surface area contributed by atoms with Crippen molar-refractivity contribution in [1.29, 1.82) is 0 Å². The van der Waals surface area contributed by atoms with Crippen LogP contribution in [0.15, 0.2) is 11.8 Å². The Hall–Kier alpha value is -1.45. The van der Waals surface area contributed by atoms with Crippen LogP contribution in [0, 0.1) is 0 Å². The van der Waals surface area contributed by atoms with Crippen molar-refractivity contribution in [3.63, 3.8) is 0 Å². The van der Waals surface area contributed by atoms with Crippen LogP contribution in [0.25, 0.3) is 0 Å². The van der Waals surface area contributed by atoms with E-state index in [2.05, 4.69) is 12.2 Å². The fourth-order valence-corrected chi connectivity index (χ4v) is 2.31. The molecular formula is C16H25NO3. The van der Waals surface area contributed by atoms with E-state index in [1.807, 2.05) is 0 Å². The molecular weight excluding hydrogens is 254 g/mol. The molecule has 0 heterocycles. The predicted octanol–water partition coefficient (Wildman–Crippen LogP) is 3.06. The summed E-state index contributed by atoms with van der Waals surface area (Å²) in [5, 5.41) is 2.67. The molecule has 0 aliphatic heterocycles. The van der Waals surface area contributed by atoms with Crippen LogP contribution >= 0.6 is 0 Å². The molecule has 1 amide bonds. The molecule has 0 saturated heterocycles. The number of hydrogen-bond acceptors (Lipinski definition) is 3. The highest BCUT2D eigenvalue weighted by atomic mass is 16.2. The van der Waals surface area contributed by atoms with Crippen LogP contribution in [0.4, 0.5) is 0 Å². The molecule has 112 valence electrons. The zero-order valence-electron chi connectivity index (χ0n) is 12.4. The Morgan fingerprint density at radius 3 is 2.60 bits per heavy atom. The van der Waals surface area contributed by atoms with Crippen LogP contribution in [0.1, 0.15) is 71.1 Å². The van der Waals surface area contributed by atoms with Gasteiger partial charge in [0.25, 0.3) is 0 Å². The lowest BCUT2D eigenvalue weighted by atomic mass is 10.0. The minimum Gasteiger partial charge on any atom is -0.329 e. The highest BCUT2D eigenvalue weighted by Crippen LogP contribution is 2.13. The summed E-state index contributed by atoms with van der Waals surface area (Å²) >= 11 is 0. The van der Waals surface area contributed by atoms with Gasteiger partial charge < -0.3 is 5.32 Å². The van der Waals surface area contributed by atoms with E-state index in [4.69, 9.17) is 0 Å². The first-order chi connectivity index (χ1) is 9.61. The minimum atomic E-state index is -0.287. The van der Waals surface area contributed by atoms with Crippen LogP contribution < -0.4 is 5.32 Å². The van der Waals surface area contributed by atoms with Gasteiger partial charge in [0.1, 0.15) is 5.78 Å². The second kappa shape index (κ2) is 9.45. The molecule has 1 aliphatic rings. The molecule has 0 aromatic rings. The summed E-state index contributed by atoms with van der Waals surface area (Å²) in [6, 6.07) is 0. The molecule has 0 aromatic carbocycles. The van der Waals surface area contributed by atoms with E-state index in [0.29, 0.717) is 25.0 Å². The number of amides is 1. The summed E-state index contributed by atoms with van der Waals surface area (Å²) in [5.41, 5.74) is 0.655. The fraction of sp³-hybridized carbons (Fsp3) is 0.688. The number of carbonyl (C=O) groups excluding carboxylic acids is 3. The first kappa shape index (κ1) is 16.6. The van der Waals surface area contributed by atoms with Gasteiger partial charge in [0.2, 0.25) is 5.91 Å². The zero-order chi connectivity index (χ0) is 14.8. The number of nitrogens with one attached hydrogen (secondary N) is 1. The third-order valence-corrected chi connectivity index (χ3v) is 3.42. The second-order valence-electron chi connectivity index (χ2n) is 5.42. The van der Waals surface area contributed by atoms with Crippen LogP contribution in [0.5, 0.6) is 0 Å². The lowest BCUT2D eigenvalue weighted by molar-refractivity contribution is -0.127. The number of allylic oxidation sites excluding steroid dienone is 2. The lowest BCUT2D eigenvalue weighted by Gasteiger charge is -2.12. The topological polar surface area (TPSA) is 63.2 Å². The van der Waals surface area contributed by atoms with Gasteiger partial charge in [0.15, 0.2) is 5.78 Å². The van der Waals surface area contributed by atoms with Gasteiger partial charge in [-0.3, -0.25) is 14.4 Å². The second-order valence-corrected chi connectivity index (χ2v) is 5.42. The summed E-state index contributed by atoms with van der Waals surface area (Å²) in [5.74, 6) is -0.250. The van der Waals surface area contributed by atoms with Gasteiger partial charge in [0, 0.05) is 24.6 Å². The SMILES string of the molecule is CCCCCCCC(=O)CC(=O)NC1=CC(=O)CCC1. The molecule has 4 heteroatoms. The van der Waals surface area contributed by atoms with Crippen molar-refractivity contribution in [2.45, 2.75) is 71.1 Å². The molecule has 0 spiro atoms. The van der Waals surface area contributed by atoms with Crippen molar-refractivity contribution in [2.24, 2.45) is 0 Å². The third-order valence-electron chi connectivity index (χ3n) is 3.42. The molecule has 0 aromatic heterocycles. The van der Waals surface area contributed by atoms with Gasteiger partial charge in [-0.05, 0) is 19.3 Å². The average Bonchev–Trinajstić information content (AvgIpc) is 2.38. The van der Waals surface area contributed by atoms with Crippen molar-refractivity contribution < 1.29 is 14.4 Å². The van der Waals surface area contributed by atoms with Gasteiger partial charge >= 0.3 is 0 Å². The van der Waals surface area contributed by atoms with E-state index in [-0.39, 0.29) is 23.9 Å². The highest BCUT2D eigenvalue weighted by Gasteiger charge is 2.14. The smallest absolute Gasteiger partial charge is 0.231 e. The monoisotopic (exact) mass is 279 g/mol. The highest BCUT2D eigenvalue weighted by molar-refractivity contribution is 5.99. The van der Waals surface area contributed by atoms with Crippen LogP contribution in [0.2, 0.25) is 0 Å². The van der Waals surface area contributed by atoms with E-state index >= 15 is 0 Å². The molecule has 0 saturated carbocycles. The maximum Gasteiger partial charge on any atom is 0.231 e. The third kappa shape index (κ3) is 7.22. The first-order valence-corrected chi connectivity index (χ1v) is 7.66. The molecule has 1 N–H and O–H groups in total. The Labute approximate surface area is 121 Å². The maximum absolute atomic E-state index is 11.7. The number of hydrogen-bond donors (Lipinski definition) is 1. The average molecular weight is 279 g/mol. The molecule has 0 radical (unpaired) electrons. The molecule has 1 rings (SSSR count). The summed E-state index contributed by atoms with van der Waals surface area (Å²) in [7, 11) is 0. The number of Topliss-reactive ketones (excluding diaryl/α,β-unsaturated/α-hetero) is 1. The first-order valence-electron chi connectivity index (χ1n) is 7.66.